The smallest absolute Gasteiger partial charge is 0.356 e. The van der Waals surface area contributed by atoms with E-state index in [2.05, 4.69) is 18.6 Å². The first kappa shape index (κ1) is 14.3. The van der Waals surface area contributed by atoms with Gasteiger partial charge in [-0.25, -0.2) is 4.79 Å². The third kappa shape index (κ3) is 8.30. The number of esters is 2. The number of carbonyl (C=O) groups is 2. The van der Waals surface area contributed by atoms with Crippen LogP contribution in [0.25, 0.3) is 0 Å². The second kappa shape index (κ2) is 8.59. The van der Waals surface area contributed by atoms with Crippen LogP contribution in [-0.2, 0) is 30.0 Å². The minimum Gasteiger partial charge on any atom is -0.462 e. The molecule has 0 heterocycles. The quantitative estimate of drug-likeness (QED) is 0.371. The maximum Gasteiger partial charge on any atom is 0.356 e. The summed E-state index contributed by atoms with van der Waals surface area (Å²) < 4.78 is 9.55. The second-order valence-corrected chi connectivity index (χ2v) is 5.56. The number of carbonyl (C=O) groups excluding carboxylic acids is 2. The van der Waals surface area contributed by atoms with Crippen LogP contribution in [0.3, 0.4) is 0 Å². The molecule has 88 valence electrons. The van der Waals surface area contributed by atoms with Crippen LogP contribution in [0.4, 0.5) is 0 Å². The molecule has 0 saturated carbocycles. The fourth-order valence-electron chi connectivity index (χ4n) is 0.957. The summed E-state index contributed by atoms with van der Waals surface area (Å²) in [5, 5.41) is 0. The van der Waals surface area contributed by atoms with Crippen molar-refractivity contribution in [2.45, 2.75) is 20.8 Å². The predicted octanol–water partition coefficient (Wildman–Crippen LogP) is 0.751. The molecular weight excluding hydrogens is 216 g/mol. The van der Waals surface area contributed by atoms with Crippen LogP contribution in [0.1, 0.15) is 20.8 Å². The molecule has 0 N–H and O–H groups in total. The van der Waals surface area contributed by atoms with Crippen LogP contribution >= 0.6 is 0 Å². The van der Waals surface area contributed by atoms with Gasteiger partial charge in [0.15, 0.2) is 0 Å². The lowest BCUT2D eigenvalue weighted by molar-refractivity contribution is -0.149. The van der Waals surface area contributed by atoms with Gasteiger partial charge < -0.3 is 9.47 Å². The van der Waals surface area contributed by atoms with Gasteiger partial charge in [0.2, 0.25) is 5.75 Å². The maximum absolute atomic E-state index is 11.3. The zero-order valence-electron chi connectivity index (χ0n) is 9.58. The molecule has 0 aliphatic heterocycles. The van der Waals surface area contributed by atoms with Crippen molar-refractivity contribution in [3.8, 4) is 0 Å². The first-order chi connectivity index (χ1) is 7.10. The van der Waals surface area contributed by atoms with E-state index in [9.17, 15) is 9.59 Å². The lowest BCUT2D eigenvalue weighted by Crippen LogP contribution is -2.23. The van der Waals surface area contributed by atoms with E-state index in [-0.39, 0.29) is 36.0 Å². The van der Waals surface area contributed by atoms with Crippen molar-refractivity contribution in [1.82, 2.24) is 0 Å². The van der Waals surface area contributed by atoms with Crippen LogP contribution in [0.15, 0.2) is 0 Å². The van der Waals surface area contributed by atoms with E-state index in [4.69, 9.17) is 4.74 Å². The Labute approximate surface area is 93.7 Å². The molecule has 5 heteroatoms. The molecule has 0 unspecified atom stereocenters. The number of ether oxygens (including phenoxy) is 2. The van der Waals surface area contributed by atoms with Gasteiger partial charge in [0.05, 0.1) is 0 Å². The van der Waals surface area contributed by atoms with Crippen molar-refractivity contribution in [1.29, 1.82) is 0 Å². The molecule has 0 aliphatic carbocycles. The van der Waals surface area contributed by atoms with Crippen molar-refractivity contribution in [3.05, 3.63) is 0 Å². The average Bonchev–Trinajstić information content (AvgIpc) is 2.20. The Kier molecular flexibility index (Phi) is 8.18. The lowest BCUT2D eigenvalue weighted by atomic mass is 10.7. The summed E-state index contributed by atoms with van der Waals surface area (Å²) in [5.74, 6) is 1.94. The van der Waals surface area contributed by atoms with Gasteiger partial charge in [-0.2, -0.15) is 0 Å². The Morgan fingerprint density at radius 3 is 2.07 bits per heavy atom. The van der Waals surface area contributed by atoms with E-state index in [1.165, 1.54) is 6.92 Å². The highest BCUT2D eigenvalue weighted by Crippen LogP contribution is 1.97. The lowest BCUT2D eigenvalue weighted by Gasteiger charge is -2.05. The van der Waals surface area contributed by atoms with E-state index in [1.54, 1.807) is 0 Å². The fourth-order valence-corrected chi connectivity index (χ4v) is 2.19. The van der Waals surface area contributed by atoms with Gasteiger partial charge in [-0.05, 0) is 24.7 Å². The minimum absolute atomic E-state index is 0.135. The Hall–Kier alpha value is -0.710. The molecule has 0 bridgehead atoms. The van der Waals surface area contributed by atoms with Crippen LogP contribution in [-0.4, -0.2) is 42.4 Å². The molecule has 0 radical (unpaired) electrons. The summed E-state index contributed by atoms with van der Waals surface area (Å²) in [6, 6.07) is 0. The molecule has 0 amide bonds. The summed E-state index contributed by atoms with van der Waals surface area (Å²) >= 11 is 0. The number of hydrogen-bond acceptors (Lipinski definition) is 4. The SMILES string of the molecule is CC[S+](CC)CC(=O)OCCOC(C)=O. The van der Waals surface area contributed by atoms with Gasteiger partial charge >= 0.3 is 11.9 Å². The Balaban J connectivity index is 3.52. The average molecular weight is 235 g/mol. The van der Waals surface area contributed by atoms with Gasteiger partial charge in [-0.1, -0.05) is 0 Å². The van der Waals surface area contributed by atoms with Crippen LogP contribution in [0.5, 0.6) is 0 Å². The molecular formula is C10H19O4S+. The largest absolute Gasteiger partial charge is 0.462 e. The summed E-state index contributed by atoms with van der Waals surface area (Å²) in [6.07, 6.45) is 0. The molecule has 15 heavy (non-hydrogen) atoms. The van der Waals surface area contributed by atoms with E-state index in [1.807, 2.05) is 0 Å². The third-order valence-corrected chi connectivity index (χ3v) is 4.07. The first-order valence-electron chi connectivity index (χ1n) is 5.03. The molecule has 4 nitrogen and oxygen atoms in total. The fraction of sp³-hybridized carbons (Fsp3) is 0.800. The van der Waals surface area contributed by atoms with Crippen molar-refractivity contribution < 1.29 is 19.1 Å². The predicted molar refractivity (Wildman–Crippen MR) is 60.9 cm³/mol. The highest BCUT2D eigenvalue weighted by Gasteiger charge is 2.18. The van der Waals surface area contributed by atoms with Gasteiger partial charge in [0.25, 0.3) is 0 Å². The summed E-state index contributed by atoms with van der Waals surface area (Å²) in [6.45, 7) is 5.76. The minimum atomic E-state index is -0.354. The standard InChI is InChI=1S/C10H19O4S/c1-4-15(5-2)8-10(12)14-7-6-13-9(3)11/h4-8H2,1-3H3/q+1. The second-order valence-electron chi connectivity index (χ2n) is 2.89. The molecule has 0 aromatic heterocycles. The Bertz CT molecular complexity index is 202. The molecule has 0 saturated heterocycles. The monoisotopic (exact) mass is 235 g/mol. The van der Waals surface area contributed by atoms with E-state index >= 15 is 0 Å². The van der Waals surface area contributed by atoms with Crippen LogP contribution in [0.2, 0.25) is 0 Å². The normalized spacial score (nSPS) is 10.1. The Morgan fingerprint density at radius 1 is 1.07 bits per heavy atom. The molecule has 0 atom stereocenters. The summed E-state index contributed by atoms with van der Waals surface area (Å²) in [4.78, 5) is 21.7. The molecule has 0 aliphatic rings. The van der Waals surface area contributed by atoms with Crippen molar-refractivity contribution >= 4 is 22.8 Å². The van der Waals surface area contributed by atoms with Crippen molar-refractivity contribution in [2.75, 3.05) is 30.5 Å². The highest BCUT2D eigenvalue weighted by molar-refractivity contribution is 7.97. The van der Waals surface area contributed by atoms with Crippen LogP contribution < -0.4 is 0 Å². The topological polar surface area (TPSA) is 52.6 Å². The van der Waals surface area contributed by atoms with Gasteiger partial charge in [0, 0.05) is 6.92 Å². The summed E-state index contributed by atoms with van der Waals surface area (Å²) in [5.41, 5.74) is 0. The zero-order chi connectivity index (χ0) is 11.7. The van der Waals surface area contributed by atoms with E-state index < -0.39 is 0 Å². The van der Waals surface area contributed by atoms with E-state index in [0.717, 1.165) is 11.5 Å². The number of hydrogen-bond donors (Lipinski definition) is 0. The summed E-state index contributed by atoms with van der Waals surface area (Å²) in [7, 11) is 0.135. The van der Waals surface area contributed by atoms with Crippen molar-refractivity contribution in [2.24, 2.45) is 0 Å². The first-order valence-corrected chi connectivity index (χ1v) is 6.76. The van der Waals surface area contributed by atoms with Gasteiger partial charge in [-0.15, -0.1) is 0 Å². The highest BCUT2D eigenvalue weighted by atomic mass is 32.2. The molecule has 0 spiro atoms. The molecule has 0 fully saturated rings. The van der Waals surface area contributed by atoms with Crippen LogP contribution in [0, 0.1) is 0 Å². The molecule has 0 rings (SSSR count). The Morgan fingerprint density at radius 2 is 1.60 bits per heavy atom. The molecule has 0 aromatic rings. The van der Waals surface area contributed by atoms with Gasteiger partial charge in [0.1, 0.15) is 24.7 Å². The zero-order valence-corrected chi connectivity index (χ0v) is 10.4. The van der Waals surface area contributed by atoms with Gasteiger partial charge in [-0.3, -0.25) is 4.79 Å². The molecule has 0 aromatic carbocycles. The maximum atomic E-state index is 11.3. The number of rotatable bonds is 7. The third-order valence-electron chi connectivity index (χ3n) is 1.79. The van der Waals surface area contributed by atoms with E-state index in [0.29, 0.717) is 5.75 Å². The van der Waals surface area contributed by atoms with Crippen molar-refractivity contribution in [3.63, 3.8) is 0 Å².